The number of carbonyl (C=O) groups excluding carboxylic acids is 5. The van der Waals surface area contributed by atoms with Crippen LogP contribution in [0.4, 0.5) is 0 Å². The van der Waals surface area contributed by atoms with Crippen LogP contribution in [0, 0.1) is 34.5 Å². The molecule has 12 heterocycles. The Bertz CT molecular complexity index is 6360. The fourth-order valence-electron chi connectivity index (χ4n) is 16.7. The smallest absolute Gasteiger partial charge is 0.239 e. The van der Waals surface area contributed by atoms with Crippen molar-refractivity contribution in [1.29, 1.82) is 10.5 Å². The van der Waals surface area contributed by atoms with Gasteiger partial charge in [-0.1, -0.05) is 173 Å². The molecule has 0 unspecified atom stereocenters. The summed E-state index contributed by atoms with van der Waals surface area (Å²) in [6, 6.07) is 60.3. The highest BCUT2D eigenvalue weighted by atomic mass is 79.9. The minimum absolute atomic E-state index is 0.00776. The van der Waals surface area contributed by atoms with Crippen molar-refractivity contribution in [2.75, 3.05) is 35.2 Å². The van der Waals surface area contributed by atoms with Gasteiger partial charge < -0.3 is 22.9 Å². The first-order valence-electron chi connectivity index (χ1n) is 43.1. The predicted molar refractivity (Wildman–Crippen MR) is 551 cm³/mol. The predicted octanol–water partition coefficient (Wildman–Crippen LogP) is 19.1. The third kappa shape index (κ3) is 21.6. The number of aromatic nitrogens is 4. The van der Waals surface area contributed by atoms with E-state index in [1.807, 2.05) is 196 Å². The van der Waals surface area contributed by atoms with E-state index in [2.05, 4.69) is 151 Å². The molecular weight excluding hydrogens is 1990 g/mol. The molecule has 5 amide bonds. The van der Waals surface area contributed by atoms with Crippen molar-refractivity contribution < 1.29 is 24.0 Å². The fourth-order valence-corrected chi connectivity index (χ4v) is 22.5. The molecule has 0 radical (unpaired) electrons. The molecule has 5 aromatic carbocycles. The molecule has 17 rings (SSSR count). The van der Waals surface area contributed by atoms with Crippen molar-refractivity contribution in [1.82, 2.24) is 49.1 Å². The van der Waals surface area contributed by atoms with E-state index in [0.717, 1.165) is 88.7 Å². The fraction of sp³-hybridized carbons (Fsp3) is 0.297. The van der Waals surface area contributed by atoms with Crippen LogP contribution >= 0.6 is 105 Å². The van der Waals surface area contributed by atoms with Crippen LogP contribution in [0.2, 0.25) is 0 Å². The molecule has 0 fully saturated rings. The third-order valence-electron chi connectivity index (χ3n) is 25.1. The molecular formula is C101H105Br3ClN21O5S4. The number of benzene rings is 5. The van der Waals surface area contributed by atoms with Gasteiger partial charge in [-0.3, -0.25) is 63.3 Å². The van der Waals surface area contributed by atoms with Gasteiger partial charge in [-0.2, -0.15) is 15.6 Å². The van der Waals surface area contributed by atoms with Crippen LogP contribution in [-0.4, -0.2) is 139 Å². The second-order valence-corrected chi connectivity index (χ2v) is 43.1. The lowest BCUT2D eigenvalue weighted by Gasteiger charge is -2.40. The lowest BCUT2D eigenvalue weighted by Crippen LogP contribution is -2.54. The lowest BCUT2D eigenvalue weighted by molar-refractivity contribution is -0.134. The van der Waals surface area contributed by atoms with Gasteiger partial charge in [0.05, 0.1) is 58.6 Å². The number of amides is 5. The second kappa shape index (κ2) is 40.8. The summed E-state index contributed by atoms with van der Waals surface area (Å²) in [7, 11) is 8.33. The highest BCUT2D eigenvalue weighted by Crippen LogP contribution is 2.51. The Labute approximate surface area is 833 Å². The standard InChI is InChI=1S/2C26H27N5OS.2C17H18BrN3OS.C15H15BrClN5O/c2*1-25(2,3)20-8-6-17(7-9-20)22-23(32)31(5)24(28)30-26(22,4)21-11-19(15-33-21)18-10-16(12-27)13-29-14-18;2*1-17(14-9-12(18)10-23-14)13(8-11-6-4-3-5-7-11)15(22)21(2)16(19)20-17;1-15(7-13(23)21(2)14(19-15)20-17)10-8-18-22(9-10)12-5-3-4-11(16)6-12/h2*6-11,13-15,22H,1-5H3,(H2,28,30);2*3-7,9-10,13H,8H2,1-2H3,(H2,19,20);3-6,8-9H,7H2,1-2H3,(H,19,20)/t22-,26+;22-,26-;13-,17+;13-,17-;15-/m01100/s1. The number of rotatable bonds is 14. The zero-order valence-corrected chi connectivity index (χ0v) is 86.3. The van der Waals surface area contributed by atoms with Crippen LogP contribution in [0.15, 0.2) is 267 Å². The van der Waals surface area contributed by atoms with E-state index >= 15 is 0 Å². The number of thiophene rings is 4. The maximum Gasteiger partial charge on any atom is 0.239 e. The number of halogens is 4. The van der Waals surface area contributed by atoms with Gasteiger partial charge >= 0.3 is 0 Å². The van der Waals surface area contributed by atoms with Crippen molar-refractivity contribution in [3.05, 3.63) is 312 Å². The zero-order chi connectivity index (χ0) is 97.8. The number of guanidine groups is 5. The minimum Gasteiger partial charge on any atom is -0.369 e. The molecule has 696 valence electrons. The number of nitriles is 2. The number of pyridine rings is 2. The summed E-state index contributed by atoms with van der Waals surface area (Å²) in [4.78, 5) is 110. The number of nitrogens with zero attached hydrogens (tertiary/aromatic N) is 16. The van der Waals surface area contributed by atoms with Gasteiger partial charge in [0.15, 0.2) is 23.8 Å². The van der Waals surface area contributed by atoms with Gasteiger partial charge in [0.2, 0.25) is 35.5 Å². The summed E-state index contributed by atoms with van der Waals surface area (Å²) in [5.41, 5.74) is 33.4. The van der Waals surface area contributed by atoms with Gasteiger partial charge in [-0.05, 0) is 200 Å². The summed E-state index contributed by atoms with van der Waals surface area (Å²) in [5.74, 6) is -0.534. The van der Waals surface area contributed by atoms with E-state index < -0.39 is 39.5 Å². The molecule has 34 heteroatoms. The molecule has 0 aliphatic carbocycles. The maximum absolute atomic E-state index is 13.5. The summed E-state index contributed by atoms with van der Waals surface area (Å²) in [5, 5.41) is 30.8. The minimum atomic E-state index is -0.861. The highest BCUT2D eigenvalue weighted by molar-refractivity contribution is 9.11. The number of carbonyl (C=O) groups is 5. The van der Waals surface area contributed by atoms with Gasteiger partial charge in [0.1, 0.15) is 34.3 Å². The number of likely N-dealkylation sites (N-methyl/N-ethyl adjacent to an activating group) is 2. The average Bonchev–Trinajstić information content (AvgIpc) is 1.68. The molecule has 7 aromatic heterocycles. The van der Waals surface area contributed by atoms with Crippen LogP contribution in [-0.2, 0) is 75.3 Å². The maximum atomic E-state index is 13.5. The Morgan fingerprint density at radius 1 is 0.444 bits per heavy atom. The molecule has 12 aromatic rings. The van der Waals surface area contributed by atoms with Crippen LogP contribution < -0.4 is 27.8 Å². The summed E-state index contributed by atoms with van der Waals surface area (Å²) >= 11 is 22.3. The number of nitrogens with two attached hydrogens (primary N) is 4. The van der Waals surface area contributed by atoms with Gasteiger partial charge in [-0.25, -0.2) is 29.6 Å². The van der Waals surface area contributed by atoms with Crippen molar-refractivity contribution in [3.63, 3.8) is 0 Å². The van der Waals surface area contributed by atoms with E-state index in [0.29, 0.717) is 29.9 Å². The SMILES string of the molecule is CN1C(=O)C[C@@](C)(c2cnn(-c3cccc(Br)c3)c2)N=C1NCl.CN1C(=O)[C@@H](Cc2ccccc2)[C@@](C)(c2cc(Br)cs2)N=C1N.CN1C(=O)[C@@H](c2ccc(C(C)(C)C)cc2)[C@@](C)(c2cc(-c3cncc(C#N)c3)cs2)N=C1N.CN1C(=O)[C@H](Cc2ccccc2)[C@@](C)(c2cc(Br)cs2)N=C1N.CN1C(=O)[C@H](c2ccc(C(C)(C)C)cc2)[C@@](C)(c2cc(-c3cncc(C#N)c3)cs2)N=C1N. The number of nitrogens with one attached hydrogen (secondary N) is 1. The first-order chi connectivity index (χ1) is 63.8. The molecule has 0 spiro atoms. The van der Waals surface area contributed by atoms with Crippen LogP contribution in [0.1, 0.15) is 164 Å². The van der Waals surface area contributed by atoms with Gasteiger partial charge in [0, 0.05) is 138 Å². The number of hydrogen-bond donors (Lipinski definition) is 5. The average molecular weight is 2100 g/mol. The molecule has 9 atom stereocenters. The third-order valence-corrected chi connectivity index (χ3v) is 31.9. The molecule has 5 aliphatic rings. The largest absolute Gasteiger partial charge is 0.369 e. The molecule has 26 nitrogen and oxygen atoms in total. The van der Waals surface area contributed by atoms with Gasteiger partial charge in [-0.15, -0.1) is 45.3 Å². The van der Waals surface area contributed by atoms with E-state index in [1.54, 1.807) is 93.3 Å². The Balaban J connectivity index is 0.000000144. The van der Waals surface area contributed by atoms with Crippen LogP contribution in [0.5, 0.6) is 0 Å². The van der Waals surface area contributed by atoms with E-state index in [1.165, 1.54) is 70.7 Å². The molecule has 9 N–H and O–H groups in total. The monoisotopic (exact) mass is 2090 g/mol. The summed E-state index contributed by atoms with van der Waals surface area (Å²) in [6.45, 7) is 22.8. The lowest BCUT2D eigenvalue weighted by atomic mass is 9.76. The number of hydrogen-bond acceptors (Lipinski definition) is 24. The van der Waals surface area contributed by atoms with Crippen molar-refractivity contribution in [3.8, 4) is 40.1 Å². The van der Waals surface area contributed by atoms with E-state index in [-0.39, 0.29) is 82.5 Å². The first kappa shape index (κ1) is 100. The van der Waals surface area contributed by atoms with Crippen LogP contribution in [0.3, 0.4) is 0 Å². The second-order valence-electron chi connectivity index (χ2n) is 36.5. The Morgan fingerprint density at radius 3 is 1.20 bits per heavy atom. The van der Waals surface area contributed by atoms with Crippen molar-refractivity contribution in [2.24, 2.45) is 59.7 Å². The highest BCUT2D eigenvalue weighted by Gasteiger charge is 2.52. The summed E-state index contributed by atoms with van der Waals surface area (Å²) < 4.78 is 4.73. The Hall–Kier alpha value is -12.2. The summed E-state index contributed by atoms with van der Waals surface area (Å²) in [6.07, 6.45) is 11.7. The first-order valence-corrected chi connectivity index (χ1v) is 49.3. The topological polar surface area (TPSA) is 371 Å². The van der Waals surface area contributed by atoms with Crippen LogP contribution in [0.25, 0.3) is 27.9 Å². The normalized spacial score (nSPS) is 22.3. The number of aliphatic imine (C=N–C) groups is 5. The Morgan fingerprint density at radius 2 is 0.830 bits per heavy atom. The Kier molecular flexibility index (Phi) is 30.3. The molecule has 0 bridgehead atoms. The van der Waals surface area contributed by atoms with Crippen molar-refractivity contribution in [2.45, 2.75) is 146 Å². The van der Waals surface area contributed by atoms with E-state index in [4.69, 9.17) is 54.7 Å². The molecule has 0 saturated carbocycles. The molecule has 0 saturated heterocycles. The van der Waals surface area contributed by atoms with Crippen molar-refractivity contribution >= 4 is 164 Å². The van der Waals surface area contributed by atoms with Gasteiger partial charge in [0.25, 0.3) is 0 Å². The molecule has 135 heavy (non-hydrogen) atoms. The zero-order valence-electron chi connectivity index (χ0n) is 77.5. The molecule has 5 aliphatic heterocycles. The quantitative estimate of drug-likeness (QED) is 0.0632. The van der Waals surface area contributed by atoms with E-state index in [9.17, 15) is 34.5 Å².